The molecular weight excluding hydrogens is 532 g/mol. The molecule has 0 aliphatic rings. The molecule has 0 fully saturated rings. The molecule has 0 unspecified atom stereocenters. The molecule has 0 bridgehead atoms. The molecule has 0 N–H and O–H groups in total. The standard InChI is InChI=1S/C34H33NOP2S/c1-29(30-17-7-2-8-18-30)35(27-37(36,31-19-9-3-10-20-31)32-21-11-4-12-22-32)28-38(39,33-23-13-5-14-24-33)34-25-15-6-16-26-34/h2-26,29H,27-28H2,1H3/t29-/m0/s1. The fourth-order valence-electron chi connectivity index (χ4n) is 5.04. The van der Waals surface area contributed by atoms with E-state index in [0.717, 1.165) is 10.6 Å². The Morgan fingerprint density at radius 1 is 0.538 bits per heavy atom. The summed E-state index contributed by atoms with van der Waals surface area (Å²) in [4.78, 5) is 2.39. The Bertz CT molecular complexity index is 1380. The molecule has 5 aromatic rings. The summed E-state index contributed by atoms with van der Waals surface area (Å²) in [6, 6.07) is 49.1. The molecule has 2 nitrogen and oxygen atoms in total. The SMILES string of the molecule is C[C@@H](c1ccccc1)N(CP(=O)(c1ccccc1)c1ccccc1)CP(=S)(c1ccccc1)c1ccccc1. The van der Waals surface area contributed by atoms with Gasteiger partial charge in [-0.2, -0.15) is 0 Å². The molecular formula is C34H33NOP2S. The molecule has 5 rings (SSSR count). The van der Waals surface area contributed by atoms with Crippen LogP contribution in [0.1, 0.15) is 18.5 Å². The van der Waals surface area contributed by atoms with Gasteiger partial charge in [-0.15, -0.1) is 0 Å². The first-order valence-electron chi connectivity index (χ1n) is 13.2. The Kier molecular flexibility index (Phi) is 8.75. The van der Waals surface area contributed by atoms with Crippen LogP contribution in [0, 0.1) is 0 Å². The van der Waals surface area contributed by atoms with Gasteiger partial charge in [-0.3, -0.25) is 4.90 Å². The van der Waals surface area contributed by atoms with E-state index in [9.17, 15) is 0 Å². The average molecular weight is 566 g/mol. The van der Waals surface area contributed by atoms with Gasteiger partial charge in [0.2, 0.25) is 0 Å². The molecule has 0 saturated heterocycles. The first-order valence-corrected chi connectivity index (χ1v) is 18.1. The summed E-state index contributed by atoms with van der Waals surface area (Å²) in [5, 5.41) is 4.08. The van der Waals surface area contributed by atoms with Crippen LogP contribution in [0.25, 0.3) is 0 Å². The minimum absolute atomic E-state index is 0.0155. The van der Waals surface area contributed by atoms with Crippen molar-refractivity contribution in [3.8, 4) is 0 Å². The molecule has 0 spiro atoms. The van der Waals surface area contributed by atoms with E-state index in [0.29, 0.717) is 12.6 Å². The second kappa shape index (κ2) is 12.4. The average Bonchev–Trinajstić information content (AvgIpc) is 3.02. The predicted molar refractivity (Wildman–Crippen MR) is 173 cm³/mol. The van der Waals surface area contributed by atoms with Gasteiger partial charge in [0.05, 0.1) is 6.29 Å². The van der Waals surface area contributed by atoms with E-state index >= 15 is 4.57 Å². The van der Waals surface area contributed by atoms with Crippen molar-refractivity contribution in [1.29, 1.82) is 0 Å². The van der Waals surface area contributed by atoms with Crippen LogP contribution in [-0.4, -0.2) is 17.5 Å². The van der Waals surface area contributed by atoms with Gasteiger partial charge in [-0.25, -0.2) is 0 Å². The Labute approximate surface area is 237 Å². The monoisotopic (exact) mass is 565 g/mol. The zero-order valence-corrected chi connectivity index (χ0v) is 24.7. The maximum absolute atomic E-state index is 15.3. The molecule has 0 radical (unpaired) electrons. The highest BCUT2D eigenvalue weighted by Gasteiger charge is 2.35. The Morgan fingerprint density at radius 2 is 0.872 bits per heavy atom. The van der Waals surface area contributed by atoms with Crippen molar-refractivity contribution < 1.29 is 4.57 Å². The summed E-state index contributed by atoms with van der Waals surface area (Å²) in [6.07, 6.45) is 1.03. The van der Waals surface area contributed by atoms with Gasteiger partial charge in [0, 0.05) is 29.0 Å². The molecule has 0 heterocycles. The van der Waals surface area contributed by atoms with Gasteiger partial charge < -0.3 is 4.57 Å². The highest BCUT2D eigenvalue weighted by atomic mass is 32.4. The third kappa shape index (κ3) is 6.08. The van der Waals surface area contributed by atoms with Crippen molar-refractivity contribution in [3.05, 3.63) is 157 Å². The number of hydrogen-bond donors (Lipinski definition) is 0. The second-order valence-electron chi connectivity index (χ2n) is 9.78. The van der Waals surface area contributed by atoms with E-state index in [1.165, 1.54) is 16.2 Å². The number of hydrogen-bond acceptors (Lipinski definition) is 3. The van der Waals surface area contributed by atoms with Gasteiger partial charge in [0.25, 0.3) is 0 Å². The van der Waals surface area contributed by atoms with E-state index in [2.05, 4.69) is 84.6 Å². The van der Waals surface area contributed by atoms with Crippen LogP contribution in [0.5, 0.6) is 0 Å². The van der Waals surface area contributed by atoms with Crippen LogP contribution in [0.2, 0.25) is 0 Å². The lowest BCUT2D eigenvalue weighted by Crippen LogP contribution is -2.36. The highest BCUT2D eigenvalue weighted by Crippen LogP contribution is 2.51. The topological polar surface area (TPSA) is 20.3 Å². The van der Waals surface area contributed by atoms with Crippen LogP contribution in [0.15, 0.2) is 152 Å². The third-order valence-electron chi connectivity index (χ3n) is 7.28. The third-order valence-corrected chi connectivity index (χ3v) is 14.9. The van der Waals surface area contributed by atoms with Gasteiger partial charge in [0.1, 0.15) is 0 Å². The predicted octanol–water partition coefficient (Wildman–Crippen LogP) is 7.11. The van der Waals surface area contributed by atoms with Crippen molar-refractivity contribution in [1.82, 2.24) is 4.90 Å². The van der Waals surface area contributed by atoms with Gasteiger partial charge in [-0.1, -0.05) is 163 Å². The fraction of sp³-hybridized carbons (Fsp3) is 0.118. The zero-order chi connectivity index (χ0) is 27.1. The van der Waals surface area contributed by atoms with E-state index in [-0.39, 0.29) is 6.04 Å². The second-order valence-corrected chi connectivity index (χ2v) is 17.2. The van der Waals surface area contributed by atoms with Crippen molar-refractivity contribution >= 4 is 46.2 Å². The smallest absolute Gasteiger partial charge is 0.156 e. The van der Waals surface area contributed by atoms with Crippen LogP contribution in [0.4, 0.5) is 0 Å². The van der Waals surface area contributed by atoms with Crippen molar-refractivity contribution in [2.75, 3.05) is 12.6 Å². The fourth-order valence-corrected chi connectivity index (χ4v) is 12.0. The lowest BCUT2D eigenvalue weighted by molar-refractivity contribution is 0.287. The molecule has 0 aliphatic heterocycles. The maximum atomic E-state index is 15.3. The summed E-state index contributed by atoms with van der Waals surface area (Å²) < 4.78 is 15.3. The number of nitrogens with zero attached hydrogens (tertiary/aromatic N) is 1. The molecule has 39 heavy (non-hydrogen) atoms. The molecule has 196 valence electrons. The summed E-state index contributed by atoms with van der Waals surface area (Å²) in [7, 11) is -3.03. The van der Waals surface area contributed by atoms with Crippen LogP contribution in [0.3, 0.4) is 0 Å². The molecule has 1 atom stereocenters. The number of benzene rings is 5. The van der Waals surface area contributed by atoms with E-state index in [1.807, 2.05) is 78.9 Å². The summed E-state index contributed by atoms with van der Waals surface area (Å²) in [5.41, 5.74) is 1.19. The number of rotatable bonds is 10. The molecule has 5 heteroatoms. The molecule has 5 aromatic carbocycles. The summed E-state index contributed by atoms with van der Waals surface area (Å²) in [5.74, 6) is 0. The Morgan fingerprint density at radius 3 is 1.26 bits per heavy atom. The summed E-state index contributed by atoms with van der Waals surface area (Å²) in [6.45, 7) is 2.21. The van der Waals surface area contributed by atoms with Crippen LogP contribution in [-0.2, 0) is 16.4 Å². The Balaban J connectivity index is 1.66. The van der Waals surface area contributed by atoms with E-state index in [1.54, 1.807) is 0 Å². The largest absolute Gasteiger partial charge is 0.312 e. The normalized spacial score (nSPS) is 12.8. The van der Waals surface area contributed by atoms with Gasteiger partial charge in [-0.05, 0) is 23.1 Å². The minimum atomic E-state index is -3.03. The van der Waals surface area contributed by atoms with Crippen molar-refractivity contribution in [2.24, 2.45) is 0 Å². The van der Waals surface area contributed by atoms with Crippen LogP contribution < -0.4 is 21.2 Å². The first kappa shape index (κ1) is 27.5. The van der Waals surface area contributed by atoms with E-state index in [4.69, 9.17) is 11.8 Å². The lowest BCUT2D eigenvalue weighted by atomic mass is 10.1. The van der Waals surface area contributed by atoms with Gasteiger partial charge >= 0.3 is 0 Å². The minimum Gasteiger partial charge on any atom is -0.312 e. The highest BCUT2D eigenvalue weighted by molar-refractivity contribution is 8.21. The first-order chi connectivity index (χ1) is 19.0. The van der Waals surface area contributed by atoms with Gasteiger partial charge in [0.15, 0.2) is 7.14 Å². The van der Waals surface area contributed by atoms with E-state index < -0.39 is 13.2 Å². The molecule has 0 aliphatic carbocycles. The van der Waals surface area contributed by atoms with Crippen molar-refractivity contribution in [3.63, 3.8) is 0 Å². The lowest BCUT2D eigenvalue weighted by Gasteiger charge is -2.37. The molecule has 0 saturated carbocycles. The summed E-state index contributed by atoms with van der Waals surface area (Å²) >= 11 is 6.68. The van der Waals surface area contributed by atoms with Crippen molar-refractivity contribution in [2.45, 2.75) is 13.0 Å². The van der Waals surface area contributed by atoms with Crippen LogP contribution >= 0.6 is 13.2 Å². The Hall–Kier alpha value is -3.06. The molecule has 0 aromatic heterocycles. The maximum Gasteiger partial charge on any atom is 0.156 e. The zero-order valence-electron chi connectivity index (χ0n) is 22.1. The molecule has 0 amide bonds. The quantitative estimate of drug-likeness (QED) is 0.168.